The van der Waals surface area contributed by atoms with Gasteiger partial charge in [0.25, 0.3) is 5.91 Å². The normalized spacial score (nSPS) is 12.0. The van der Waals surface area contributed by atoms with E-state index in [1.54, 1.807) is 6.92 Å². The van der Waals surface area contributed by atoms with Crippen LogP contribution in [0.15, 0.2) is 16.9 Å². The summed E-state index contributed by atoms with van der Waals surface area (Å²) in [7, 11) is 4.31. The molecule has 0 fully saturated rings. The summed E-state index contributed by atoms with van der Waals surface area (Å²) in [5.74, 6) is -0.853. The van der Waals surface area contributed by atoms with Crippen molar-refractivity contribution in [2.24, 2.45) is 10.9 Å². The molecule has 8 nitrogen and oxygen atoms in total. The molecule has 0 unspecified atom stereocenters. The minimum Gasteiger partial charge on any atom is -0.364 e. The Morgan fingerprint density at radius 2 is 2.00 bits per heavy atom. The molecule has 0 spiro atoms. The maximum Gasteiger partial charge on any atom is 0.435 e. The van der Waals surface area contributed by atoms with Crippen molar-refractivity contribution in [3.63, 3.8) is 0 Å². The average Bonchev–Trinajstić information content (AvgIpc) is 2.26. The van der Waals surface area contributed by atoms with Crippen LogP contribution >= 0.6 is 0 Å². The first-order valence-electron chi connectivity index (χ1n) is 4.65. The maximum atomic E-state index is 11.1. The Hall–Kier alpha value is -2.09. The van der Waals surface area contributed by atoms with Crippen molar-refractivity contribution >= 4 is 17.7 Å². The molecule has 0 aliphatic rings. The Balaban J connectivity index is 4.91. The Labute approximate surface area is 99.0 Å². The molecule has 0 aliphatic heterocycles. The second-order valence-electron chi connectivity index (χ2n) is 3.06. The van der Waals surface area contributed by atoms with Crippen LogP contribution in [0.2, 0.25) is 0 Å². The van der Waals surface area contributed by atoms with E-state index in [-0.39, 0.29) is 11.4 Å². The fraction of sp³-hybridized carbons (Fsp3) is 0.444. The third-order valence-electron chi connectivity index (χ3n) is 1.57. The first-order valence-corrected chi connectivity index (χ1v) is 4.65. The van der Waals surface area contributed by atoms with Gasteiger partial charge in [-0.15, -0.1) is 0 Å². The van der Waals surface area contributed by atoms with E-state index in [0.717, 1.165) is 4.90 Å². The number of carbonyl (C=O) groups is 2. The van der Waals surface area contributed by atoms with Crippen LogP contribution in [-0.2, 0) is 14.5 Å². The number of nitrogens with two attached hydrogens (primary N) is 1. The van der Waals surface area contributed by atoms with Crippen LogP contribution in [0, 0.1) is 0 Å². The molecule has 17 heavy (non-hydrogen) atoms. The van der Waals surface area contributed by atoms with Crippen molar-refractivity contribution < 1.29 is 19.3 Å². The van der Waals surface area contributed by atoms with Crippen molar-refractivity contribution in [1.29, 1.82) is 0 Å². The summed E-state index contributed by atoms with van der Waals surface area (Å²) in [5.41, 5.74) is 7.44. The standard InChI is InChI=1S/C9H16N4O4/c1-5-6(11-16-4)7(8(10)14)12-17-9(15)13(2)3/h5,11H,1-4H3,(H2,10,14). The number of rotatable bonds is 5. The van der Waals surface area contributed by atoms with Crippen LogP contribution in [0.5, 0.6) is 0 Å². The number of primary amides is 1. The molecule has 0 atom stereocenters. The van der Waals surface area contributed by atoms with Crippen molar-refractivity contribution in [2.75, 3.05) is 21.2 Å². The van der Waals surface area contributed by atoms with Crippen LogP contribution < -0.4 is 11.2 Å². The monoisotopic (exact) mass is 244 g/mol. The zero-order valence-corrected chi connectivity index (χ0v) is 10.2. The molecule has 0 aliphatic carbocycles. The number of amides is 2. The lowest BCUT2D eigenvalue weighted by Gasteiger charge is -2.09. The smallest absolute Gasteiger partial charge is 0.364 e. The third kappa shape index (κ3) is 4.98. The lowest BCUT2D eigenvalue weighted by Crippen LogP contribution is -2.32. The highest BCUT2D eigenvalue weighted by Gasteiger charge is 2.15. The molecule has 0 saturated heterocycles. The quantitative estimate of drug-likeness (QED) is 0.388. The highest BCUT2D eigenvalue weighted by atomic mass is 16.7. The van der Waals surface area contributed by atoms with E-state index in [9.17, 15) is 9.59 Å². The fourth-order valence-electron chi connectivity index (χ4n) is 0.747. The largest absolute Gasteiger partial charge is 0.435 e. The molecule has 8 heteroatoms. The molecule has 2 amide bonds. The molecule has 0 aromatic rings. The number of carbonyl (C=O) groups excluding carboxylic acids is 2. The molecule has 0 bridgehead atoms. The summed E-state index contributed by atoms with van der Waals surface area (Å²) in [6, 6.07) is 0. The zero-order valence-electron chi connectivity index (χ0n) is 10.2. The Bertz CT molecular complexity index is 349. The van der Waals surface area contributed by atoms with Gasteiger partial charge in [0, 0.05) is 14.1 Å². The van der Waals surface area contributed by atoms with Gasteiger partial charge in [0.2, 0.25) is 0 Å². The fourth-order valence-corrected chi connectivity index (χ4v) is 0.747. The Kier molecular flexibility index (Phi) is 6.34. The van der Waals surface area contributed by atoms with Gasteiger partial charge in [0.05, 0.1) is 12.8 Å². The summed E-state index contributed by atoms with van der Waals surface area (Å²) >= 11 is 0. The number of nitrogens with one attached hydrogen (secondary N) is 1. The van der Waals surface area contributed by atoms with Gasteiger partial charge in [-0.25, -0.2) is 4.79 Å². The summed E-state index contributed by atoms with van der Waals surface area (Å²) in [6.07, 6.45) is 0.771. The molecule has 0 rings (SSSR count). The van der Waals surface area contributed by atoms with E-state index >= 15 is 0 Å². The predicted molar refractivity (Wildman–Crippen MR) is 60.7 cm³/mol. The van der Waals surface area contributed by atoms with Gasteiger partial charge < -0.3 is 10.6 Å². The van der Waals surface area contributed by atoms with Gasteiger partial charge in [-0.2, -0.15) is 0 Å². The average molecular weight is 244 g/mol. The Morgan fingerprint density at radius 3 is 2.35 bits per heavy atom. The van der Waals surface area contributed by atoms with Gasteiger partial charge in [0.15, 0.2) is 5.71 Å². The van der Waals surface area contributed by atoms with E-state index < -0.39 is 12.0 Å². The van der Waals surface area contributed by atoms with Crippen molar-refractivity contribution in [1.82, 2.24) is 10.4 Å². The van der Waals surface area contributed by atoms with Gasteiger partial charge >= 0.3 is 6.09 Å². The summed E-state index contributed by atoms with van der Waals surface area (Å²) in [5, 5.41) is 3.37. The number of oxime groups is 1. The molecule has 0 aromatic heterocycles. The lowest BCUT2D eigenvalue weighted by molar-refractivity contribution is -0.112. The molecule has 0 saturated carbocycles. The van der Waals surface area contributed by atoms with E-state index in [1.807, 2.05) is 0 Å². The second kappa shape index (κ2) is 7.23. The van der Waals surface area contributed by atoms with Crippen molar-refractivity contribution in [2.45, 2.75) is 6.92 Å². The zero-order chi connectivity index (χ0) is 13.4. The predicted octanol–water partition coefficient (Wildman–Crippen LogP) is -0.419. The number of hydrogen-bond donors (Lipinski definition) is 2. The van der Waals surface area contributed by atoms with E-state index in [1.165, 1.54) is 27.3 Å². The van der Waals surface area contributed by atoms with E-state index in [2.05, 4.69) is 20.3 Å². The van der Waals surface area contributed by atoms with Crippen LogP contribution in [0.25, 0.3) is 0 Å². The molecule has 3 N–H and O–H groups in total. The van der Waals surface area contributed by atoms with E-state index in [0.29, 0.717) is 0 Å². The number of hydroxylamine groups is 1. The molecular weight excluding hydrogens is 228 g/mol. The highest BCUT2D eigenvalue weighted by molar-refractivity contribution is 6.44. The Morgan fingerprint density at radius 1 is 1.41 bits per heavy atom. The summed E-state index contributed by atoms with van der Waals surface area (Å²) in [6.45, 7) is 1.63. The van der Waals surface area contributed by atoms with Crippen molar-refractivity contribution in [3.8, 4) is 0 Å². The van der Waals surface area contributed by atoms with E-state index in [4.69, 9.17) is 5.73 Å². The topological polar surface area (TPSA) is 106 Å². The van der Waals surface area contributed by atoms with Gasteiger partial charge in [-0.1, -0.05) is 11.2 Å². The summed E-state index contributed by atoms with van der Waals surface area (Å²) in [4.78, 5) is 32.5. The maximum absolute atomic E-state index is 11.1. The van der Waals surface area contributed by atoms with Crippen LogP contribution in [-0.4, -0.2) is 43.8 Å². The van der Waals surface area contributed by atoms with Crippen LogP contribution in [0.1, 0.15) is 6.92 Å². The molecule has 0 aromatic carbocycles. The molecule has 0 heterocycles. The molecular formula is C9H16N4O4. The van der Waals surface area contributed by atoms with Crippen LogP contribution in [0.4, 0.5) is 4.79 Å². The third-order valence-corrected chi connectivity index (χ3v) is 1.57. The summed E-state index contributed by atoms with van der Waals surface area (Å²) < 4.78 is 0. The highest BCUT2D eigenvalue weighted by Crippen LogP contribution is 1.97. The first kappa shape index (κ1) is 14.9. The van der Waals surface area contributed by atoms with Gasteiger partial charge in [0.1, 0.15) is 0 Å². The second-order valence-corrected chi connectivity index (χ2v) is 3.06. The number of allylic oxidation sites excluding steroid dienone is 1. The van der Waals surface area contributed by atoms with Gasteiger partial charge in [-0.3, -0.25) is 19.9 Å². The van der Waals surface area contributed by atoms with Crippen LogP contribution in [0.3, 0.4) is 0 Å². The molecule has 0 radical (unpaired) electrons. The minimum absolute atomic E-state index is 0.201. The first-order chi connectivity index (χ1) is 7.93. The SMILES string of the molecule is CC=C(NOC)C(=NOC(=O)N(C)C)C(N)=O. The lowest BCUT2D eigenvalue weighted by atomic mass is 10.2. The number of hydrogen-bond acceptors (Lipinski definition) is 6. The number of nitrogens with zero attached hydrogens (tertiary/aromatic N) is 2. The van der Waals surface area contributed by atoms with Crippen molar-refractivity contribution in [3.05, 3.63) is 11.8 Å². The van der Waals surface area contributed by atoms with Gasteiger partial charge in [-0.05, 0) is 6.92 Å². The molecule has 96 valence electrons. The minimum atomic E-state index is -0.853.